The summed E-state index contributed by atoms with van der Waals surface area (Å²) >= 11 is 0. The predicted molar refractivity (Wildman–Crippen MR) is 68.8 cm³/mol. The Balaban J connectivity index is 2.45. The quantitative estimate of drug-likeness (QED) is 0.791. The number of hydrogen-bond donors (Lipinski definition) is 0. The van der Waals surface area contributed by atoms with Crippen molar-refractivity contribution in [2.45, 2.75) is 33.7 Å². The van der Waals surface area contributed by atoms with Crippen molar-refractivity contribution in [3.8, 4) is 0 Å². The summed E-state index contributed by atoms with van der Waals surface area (Å²) in [6, 6.07) is 8.85. The smallest absolute Gasteiger partial charge is 0.137 e. The molecule has 1 unspecified atom stereocenters. The Morgan fingerprint density at radius 1 is 1.12 bits per heavy atom. The van der Waals surface area contributed by atoms with E-state index in [2.05, 4.69) is 62.0 Å². The van der Waals surface area contributed by atoms with Crippen molar-refractivity contribution in [2.75, 3.05) is 0 Å². The van der Waals surface area contributed by atoms with Crippen LogP contribution in [0, 0.1) is 12.3 Å². The van der Waals surface area contributed by atoms with E-state index in [1.54, 1.807) is 12.7 Å². The van der Waals surface area contributed by atoms with Gasteiger partial charge in [0.25, 0.3) is 0 Å². The van der Waals surface area contributed by atoms with Gasteiger partial charge in [-0.05, 0) is 17.9 Å². The van der Waals surface area contributed by atoms with Gasteiger partial charge in [0.1, 0.15) is 12.7 Å². The fourth-order valence-electron chi connectivity index (χ4n) is 2.15. The molecule has 0 saturated heterocycles. The van der Waals surface area contributed by atoms with Gasteiger partial charge in [0.15, 0.2) is 0 Å². The van der Waals surface area contributed by atoms with Gasteiger partial charge < -0.3 is 0 Å². The van der Waals surface area contributed by atoms with Crippen molar-refractivity contribution in [3.05, 3.63) is 48.0 Å². The molecule has 1 atom stereocenters. The number of rotatable bonds is 2. The van der Waals surface area contributed by atoms with Gasteiger partial charge in [0, 0.05) is 0 Å². The maximum absolute atomic E-state index is 4.29. The molecule has 90 valence electrons. The van der Waals surface area contributed by atoms with Gasteiger partial charge in [-0.25, -0.2) is 9.67 Å². The molecule has 0 aliphatic carbocycles. The minimum absolute atomic E-state index is 0.100. The average Bonchev–Trinajstić information content (AvgIpc) is 2.72. The zero-order chi connectivity index (χ0) is 12.5. The van der Waals surface area contributed by atoms with Crippen molar-refractivity contribution >= 4 is 0 Å². The highest BCUT2D eigenvalue weighted by Gasteiger charge is 2.28. The Labute approximate surface area is 103 Å². The van der Waals surface area contributed by atoms with E-state index in [-0.39, 0.29) is 11.5 Å². The van der Waals surface area contributed by atoms with Crippen LogP contribution in [-0.2, 0) is 0 Å². The Bertz CT molecular complexity index is 463. The van der Waals surface area contributed by atoms with Gasteiger partial charge in [-0.3, -0.25) is 0 Å². The summed E-state index contributed by atoms with van der Waals surface area (Å²) < 4.78 is 1.94. The lowest BCUT2D eigenvalue weighted by Crippen LogP contribution is -2.26. The van der Waals surface area contributed by atoms with Crippen molar-refractivity contribution in [3.63, 3.8) is 0 Å². The second kappa shape index (κ2) is 4.32. The Hall–Kier alpha value is -1.64. The third-order valence-corrected chi connectivity index (χ3v) is 2.91. The van der Waals surface area contributed by atoms with E-state index in [0.29, 0.717) is 0 Å². The summed E-state index contributed by atoms with van der Waals surface area (Å²) in [5.41, 5.74) is 2.65. The van der Waals surface area contributed by atoms with Gasteiger partial charge >= 0.3 is 0 Å². The van der Waals surface area contributed by atoms with Gasteiger partial charge in [-0.15, -0.1) is 0 Å². The third-order valence-electron chi connectivity index (χ3n) is 2.91. The molecule has 3 nitrogen and oxygen atoms in total. The molecule has 0 amide bonds. The first-order valence-electron chi connectivity index (χ1n) is 5.89. The van der Waals surface area contributed by atoms with Gasteiger partial charge in [-0.1, -0.05) is 50.6 Å². The van der Waals surface area contributed by atoms with E-state index in [1.165, 1.54) is 11.1 Å². The van der Waals surface area contributed by atoms with E-state index >= 15 is 0 Å². The van der Waals surface area contributed by atoms with Crippen LogP contribution in [0.1, 0.15) is 37.9 Å². The summed E-state index contributed by atoms with van der Waals surface area (Å²) in [7, 11) is 0. The van der Waals surface area contributed by atoms with Crippen molar-refractivity contribution in [1.29, 1.82) is 0 Å². The number of nitrogens with zero attached hydrogens (tertiary/aromatic N) is 3. The zero-order valence-electron chi connectivity index (χ0n) is 10.9. The standard InChI is InChI=1S/C14H19N3/c1-11-5-7-12(8-6-11)13(14(2,3)4)17-10-15-9-16-17/h5-10,13H,1-4H3. The van der Waals surface area contributed by atoms with Crippen molar-refractivity contribution in [2.24, 2.45) is 5.41 Å². The number of hydrogen-bond acceptors (Lipinski definition) is 2. The minimum atomic E-state index is 0.100. The minimum Gasteiger partial charge on any atom is -0.245 e. The summed E-state index contributed by atoms with van der Waals surface area (Å²) in [6.45, 7) is 8.77. The summed E-state index contributed by atoms with van der Waals surface area (Å²) in [4.78, 5) is 4.05. The van der Waals surface area contributed by atoms with E-state index < -0.39 is 0 Å². The highest BCUT2D eigenvalue weighted by atomic mass is 15.3. The molecule has 1 aromatic carbocycles. The molecule has 0 fully saturated rings. The number of aromatic nitrogens is 3. The first-order valence-corrected chi connectivity index (χ1v) is 5.89. The van der Waals surface area contributed by atoms with Crippen LogP contribution in [0.5, 0.6) is 0 Å². The maximum Gasteiger partial charge on any atom is 0.137 e. The van der Waals surface area contributed by atoms with E-state index in [0.717, 1.165) is 0 Å². The molecule has 17 heavy (non-hydrogen) atoms. The van der Waals surface area contributed by atoms with Crippen LogP contribution in [0.3, 0.4) is 0 Å². The molecular weight excluding hydrogens is 210 g/mol. The van der Waals surface area contributed by atoms with E-state index in [1.807, 2.05) is 4.68 Å². The normalized spacial score (nSPS) is 13.6. The summed E-state index contributed by atoms with van der Waals surface area (Å²) in [6.07, 6.45) is 3.38. The third kappa shape index (κ3) is 2.54. The predicted octanol–water partition coefficient (Wildman–Crippen LogP) is 3.22. The Morgan fingerprint density at radius 3 is 2.24 bits per heavy atom. The molecule has 0 radical (unpaired) electrons. The lowest BCUT2D eigenvalue weighted by Gasteiger charge is -2.31. The van der Waals surface area contributed by atoms with E-state index in [4.69, 9.17) is 0 Å². The van der Waals surface area contributed by atoms with Crippen molar-refractivity contribution in [1.82, 2.24) is 14.8 Å². The first kappa shape index (κ1) is 11.8. The van der Waals surface area contributed by atoms with Gasteiger partial charge in [-0.2, -0.15) is 5.10 Å². The molecule has 0 bridgehead atoms. The molecule has 0 aliphatic heterocycles. The van der Waals surface area contributed by atoms with Gasteiger partial charge in [0.05, 0.1) is 6.04 Å². The molecule has 1 aromatic heterocycles. The summed E-state index contributed by atoms with van der Waals surface area (Å²) in [5, 5.41) is 4.29. The lowest BCUT2D eigenvalue weighted by atomic mass is 9.82. The highest BCUT2D eigenvalue weighted by molar-refractivity contribution is 5.25. The topological polar surface area (TPSA) is 30.7 Å². The second-order valence-corrected chi connectivity index (χ2v) is 5.55. The van der Waals surface area contributed by atoms with E-state index in [9.17, 15) is 0 Å². The molecule has 0 spiro atoms. The van der Waals surface area contributed by atoms with Crippen molar-refractivity contribution < 1.29 is 0 Å². The van der Waals surface area contributed by atoms with Crippen LogP contribution in [0.15, 0.2) is 36.9 Å². The maximum atomic E-state index is 4.29. The second-order valence-electron chi connectivity index (χ2n) is 5.55. The lowest BCUT2D eigenvalue weighted by molar-refractivity contribution is 0.265. The zero-order valence-corrected chi connectivity index (χ0v) is 10.9. The summed E-state index contributed by atoms with van der Waals surface area (Å²) in [5.74, 6) is 0. The molecule has 0 aliphatic rings. The van der Waals surface area contributed by atoms with Crippen LogP contribution < -0.4 is 0 Å². The average molecular weight is 229 g/mol. The van der Waals surface area contributed by atoms with Crippen LogP contribution in [0.25, 0.3) is 0 Å². The molecule has 1 heterocycles. The van der Waals surface area contributed by atoms with Crippen LogP contribution in [0.2, 0.25) is 0 Å². The molecular formula is C14H19N3. The van der Waals surface area contributed by atoms with Crippen LogP contribution >= 0.6 is 0 Å². The number of benzene rings is 1. The Morgan fingerprint density at radius 2 is 1.76 bits per heavy atom. The first-order chi connectivity index (χ1) is 7.98. The molecule has 0 N–H and O–H groups in total. The van der Waals surface area contributed by atoms with Crippen LogP contribution in [-0.4, -0.2) is 14.8 Å². The molecule has 2 aromatic rings. The monoisotopic (exact) mass is 229 g/mol. The number of aryl methyl sites for hydroxylation is 1. The van der Waals surface area contributed by atoms with Gasteiger partial charge in [0.2, 0.25) is 0 Å². The molecule has 3 heteroatoms. The largest absolute Gasteiger partial charge is 0.245 e. The van der Waals surface area contributed by atoms with Crippen LogP contribution in [0.4, 0.5) is 0 Å². The molecule has 0 saturated carbocycles. The molecule has 2 rings (SSSR count). The fourth-order valence-corrected chi connectivity index (χ4v) is 2.15. The SMILES string of the molecule is Cc1ccc(C(n2cncn2)C(C)(C)C)cc1. The fraction of sp³-hybridized carbons (Fsp3) is 0.429. The highest BCUT2D eigenvalue weighted by Crippen LogP contribution is 2.35. The Kier molecular flexibility index (Phi) is 3.01.